The minimum atomic E-state index is 0.224. The lowest BCUT2D eigenvalue weighted by molar-refractivity contribution is 0.332. The van der Waals surface area contributed by atoms with E-state index < -0.39 is 0 Å². The van der Waals surface area contributed by atoms with E-state index in [0.29, 0.717) is 0 Å². The molecule has 0 aromatic carbocycles. The predicted molar refractivity (Wildman–Crippen MR) is 60.1 cm³/mol. The van der Waals surface area contributed by atoms with E-state index in [2.05, 4.69) is 15.3 Å². The molecule has 0 aliphatic heterocycles. The third kappa shape index (κ3) is 2.70. The Balaban J connectivity index is 2.94. The molecule has 1 heterocycles. The van der Waals surface area contributed by atoms with Crippen molar-refractivity contribution in [2.24, 2.45) is 7.05 Å². The Morgan fingerprint density at radius 2 is 2.27 bits per heavy atom. The molecule has 0 spiro atoms. The molecule has 0 bridgehead atoms. The van der Waals surface area contributed by atoms with Crippen molar-refractivity contribution in [1.29, 1.82) is 0 Å². The molecular weight excluding hydrogens is 192 g/mol. The van der Waals surface area contributed by atoms with Crippen LogP contribution in [0.3, 0.4) is 0 Å². The van der Waals surface area contributed by atoms with E-state index in [9.17, 15) is 0 Å². The molecule has 0 amide bonds. The Morgan fingerprint density at radius 3 is 2.73 bits per heavy atom. The number of hydrogen-bond acceptors (Lipinski definition) is 4. The maximum atomic E-state index is 5.29. The molecule has 1 aromatic heterocycles. The first-order chi connectivity index (χ1) is 7.10. The van der Waals surface area contributed by atoms with Crippen LogP contribution in [0.15, 0.2) is 6.20 Å². The SMILES string of the molecule is CNC(CN(C)C)c1c(OC)cnn1C. The van der Waals surface area contributed by atoms with Gasteiger partial charge in [-0.25, -0.2) is 0 Å². The molecule has 0 saturated carbocycles. The van der Waals surface area contributed by atoms with Crippen LogP contribution in [0.5, 0.6) is 5.75 Å². The van der Waals surface area contributed by atoms with Crippen molar-refractivity contribution in [3.63, 3.8) is 0 Å². The van der Waals surface area contributed by atoms with E-state index in [1.807, 2.05) is 32.9 Å². The zero-order valence-corrected chi connectivity index (χ0v) is 10.1. The first kappa shape index (κ1) is 12.0. The molecule has 5 heteroatoms. The fraction of sp³-hybridized carbons (Fsp3) is 0.700. The Bertz CT molecular complexity index is 308. The maximum Gasteiger partial charge on any atom is 0.161 e. The topological polar surface area (TPSA) is 42.3 Å². The highest BCUT2D eigenvalue weighted by atomic mass is 16.5. The van der Waals surface area contributed by atoms with Crippen molar-refractivity contribution in [3.05, 3.63) is 11.9 Å². The highest BCUT2D eigenvalue weighted by Crippen LogP contribution is 2.24. The number of methoxy groups -OCH3 is 1. The fourth-order valence-corrected chi connectivity index (χ4v) is 1.66. The van der Waals surface area contributed by atoms with E-state index >= 15 is 0 Å². The van der Waals surface area contributed by atoms with Crippen LogP contribution in [0.2, 0.25) is 0 Å². The maximum absolute atomic E-state index is 5.29. The van der Waals surface area contributed by atoms with Crippen LogP contribution in [-0.2, 0) is 7.05 Å². The number of aromatic nitrogens is 2. The van der Waals surface area contributed by atoms with Crippen LogP contribution in [0.1, 0.15) is 11.7 Å². The summed E-state index contributed by atoms with van der Waals surface area (Å²) in [5, 5.41) is 7.47. The van der Waals surface area contributed by atoms with Crippen LogP contribution >= 0.6 is 0 Å². The van der Waals surface area contributed by atoms with Crippen molar-refractivity contribution in [2.75, 3.05) is 34.8 Å². The molecule has 0 fully saturated rings. The molecule has 1 aromatic rings. The molecule has 1 rings (SSSR count). The lowest BCUT2D eigenvalue weighted by Crippen LogP contribution is -2.30. The van der Waals surface area contributed by atoms with Crippen molar-refractivity contribution >= 4 is 0 Å². The van der Waals surface area contributed by atoms with Gasteiger partial charge in [-0.2, -0.15) is 5.10 Å². The molecule has 1 unspecified atom stereocenters. The molecule has 0 radical (unpaired) electrons. The number of nitrogens with one attached hydrogen (secondary N) is 1. The molecular formula is C10H20N4O. The van der Waals surface area contributed by atoms with Gasteiger partial charge in [0.2, 0.25) is 0 Å². The summed E-state index contributed by atoms with van der Waals surface area (Å²) >= 11 is 0. The summed E-state index contributed by atoms with van der Waals surface area (Å²) in [7, 11) is 9.64. The average Bonchev–Trinajstić information content (AvgIpc) is 2.56. The predicted octanol–water partition coefficient (Wildman–Crippen LogP) is 0.251. The zero-order chi connectivity index (χ0) is 11.4. The summed E-state index contributed by atoms with van der Waals surface area (Å²) < 4.78 is 7.14. The number of hydrogen-bond donors (Lipinski definition) is 1. The Hall–Kier alpha value is -1.07. The van der Waals surface area contributed by atoms with Crippen molar-refractivity contribution in [1.82, 2.24) is 20.0 Å². The summed E-state index contributed by atoms with van der Waals surface area (Å²) in [4.78, 5) is 2.13. The minimum absolute atomic E-state index is 0.224. The van der Waals surface area contributed by atoms with Crippen LogP contribution in [0.4, 0.5) is 0 Å². The highest BCUT2D eigenvalue weighted by Gasteiger charge is 2.19. The number of likely N-dealkylation sites (N-methyl/N-ethyl adjacent to an activating group) is 2. The van der Waals surface area contributed by atoms with Gasteiger partial charge in [-0.15, -0.1) is 0 Å². The Morgan fingerprint density at radius 1 is 1.60 bits per heavy atom. The lowest BCUT2D eigenvalue weighted by Gasteiger charge is -2.21. The van der Waals surface area contributed by atoms with E-state index in [4.69, 9.17) is 4.74 Å². The molecule has 0 saturated heterocycles. The van der Waals surface area contributed by atoms with Gasteiger partial charge in [0.25, 0.3) is 0 Å². The molecule has 15 heavy (non-hydrogen) atoms. The molecule has 0 aliphatic rings. The zero-order valence-electron chi connectivity index (χ0n) is 10.1. The van der Waals surface area contributed by atoms with E-state index in [1.54, 1.807) is 13.3 Å². The van der Waals surface area contributed by atoms with Gasteiger partial charge in [0.05, 0.1) is 25.0 Å². The highest BCUT2D eigenvalue weighted by molar-refractivity contribution is 5.28. The second-order valence-electron chi connectivity index (χ2n) is 3.83. The molecule has 1 N–H and O–H groups in total. The van der Waals surface area contributed by atoms with Crippen molar-refractivity contribution in [2.45, 2.75) is 6.04 Å². The van der Waals surface area contributed by atoms with Gasteiger partial charge in [0, 0.05) is 13.6 Å². The van der Waals surface area contributed by atoms with Crippen molar-refractivity contribution in [3.8, 4) is 5.75 Å². The quantitative estimate of drug-likeness (QED) is 0.760. The van der Waals surface area contributed by atoms with Gasteiger partial charge in [-0.3, -0.25) is 4.68 Å². The van der Waals surface area contributed by atoms with Gasteiger partial charge in [0.1, 0.15) is 0 Å². The number of rotatable bonds is 5. The molecule has 1 atom stereocenters. The second-order valence-corrected chi connectivity index (χ2v) is 3.83. The van der Waals surface area contributed by atoms with Gasteiger partial charge in [0.15, 0.2) is 5.75 Å². The Kier molecular flexibility index (Phi) is 4.11. The molecule has 5 nitrogen and oxygen atoms in total. The van der Waals surface area contributed by atoms with E-state index in [1.165, 1.54) is 0 Å². The van der Waals surface area contributed by atoms with Crippen LogP contribution in [-0.4, -0.2) is 49.5 Å². The molecule has 0 aliphatic carbocycles. The summed E-state index contributed by atoms with van der Waals surface area (Å²) in [6, 6.07) is 0.224. The first-order valence-electron chi connectivity index (χ1n) is 4.98. The summed E-state index contributed by atoms with van der Waals surface area (Å²) in [6.07, 6.45) is 1.75. The van der Waals surface area contributed by atoms with Gasteiger partial charge >= 0.3 is 0 Å². The summed E-state index contributed by atoms with van der Waals surface area (Å²) in [5.74, 6) is 0.832. The van der Waals surface area contributed by atoms with Crippen molar-refractivity contribution < 1.29 is 4.74 Å². The smallest absolute Gasteiger partial charge is 0.161 e. The lowest BCUT2D eigenvalue weighted by atomic mass is 10.2. The largest absolute Gasteiger partial charge is 0.493 e. The average molecular weight is 212 g/mol. The van der Waals surface area contributed by atoms with Gasteiger partial charge in [-0.1, -0.05) is 0 Å². The van der Waals surface area contributed by atoms with Crippen LogP contribution in [0.25, 0.3) is 0 Å². The normalized spacial score (nSPS) is 13.2. The summed E-state index contributed by atoms with van der Waals surface area (Å²) in [5.41, 5.74) is 1.08. The summed E-state index contributed by atoms with van der Waals surface area (Å²) in [6.45, 7) is 0.909. The van der Waals surface area contributed by atoms with E-state index in [-0.39, 0.29) is 6.04 Å². The third-order valence-corrected chi connectivity index (χ3v) is 2.40. The Labute approximate surface area is 91.0 Å². The number of aryl methyl sites for hydroxylation is 1. The monoisotopic (exact) mass is 212 g/mol. The first-order valence-corrected chi connectivity index (χ1v) is 4.98. The van der Waals surface area contributed by atoms with Gasteiger partial charge in [-0.05, 0) is 21.1 Å². The number of nitrogens with zero attached hydrogens (tertiary/aromatic N) is 3. The number of ether oxygens (including phenoxy) is 1. The van der Waals surface area contributed by atoms with Crippen LogP contribution < -0.4 is 10.1 Å². The third-order valence-electron chi connectivity index (χ3n) is 2.40. The standard InChI is InChI=1S/C10H20N4O/c1-11-8(7-13(2)3)10-9(15-5)6-12-14(10)4/h6,8,11H,7H2,1-5H3. The second kappa shape index (κ2) is 5.14. The minimum Gasteiger partial charge on any atom is -0.493 e. The fourth-order valence-electron chi connectivity index (χ4n) is 1.66. The van der Waals surface area contributed by atoms with E-state index in [0.717, 1.165) is 18.0 Å². The van der Waals surface area contributed by atoms with Gasteiger partial charge < -0.3 is 15.0 Å². The molecule has 86 valence electrons. The van der Waals surface area contributed by atoms with Crippen LogP contribution in [0, 0.1) is 0 Å².